The fourth-order valence-electron chi connectivity index (χ4n) is 0.770. The summed E-state index contributed by atoms with van der Waals surface area (Å²) in [5.41, 5.74) is 0. The zero-order valence-electron chi connectivity index (χ0n) is 12.1. The van der Waals surface area contributed by atoms with Crippen molar-refractivity contribution in [3.63, 3.8) is 0 Å². The number of aliphatic carboxylic acids is 2. The first-order valence-corrected chi connectivity index (χ1v) is 5.82. The summed E-state index contributed by atoms with van der Waals surface area (Å²) in [6.45, 7) is 1.94. The molecule has 0 heterocycles. The summed E-state index contributed by atoms with van der Waals surface area (Å²) < 4.78 is 0. The minimum Gasteiger partial charge on any atom is -0.550 e. The molecule has 0 amide bonds. The molecular weight excluding hydrogens is 375 g/mol. The molecule has 2 radical (unpaired) electrons. The van der Waals surface area contributed by atoms with Gasteiger partial charge >= 0.3 is 23.9 Å². The standard InChI is InChI=1S/2C6H6.2C2H4O2.Sn/c2*1-2-4-6-5-3-1;2*1-2(3)4;/h2*1-6H;2*1H3,(H,3,4);/q;;;;+2/p-2. The second-order valence-corrected chi connectivity index (χ2v) is 3.29. The Morgan fingerprint density at radius 2 is 0.571 bits per heavy atom. The Hall–Kier alpha value is -1.82. The number of hydrogen-bond donors (Lipinski definition) is 0. The quantitative estimate of drug-likeness (QED) is 0.611. The topological polar surface area (TPSA) is 80.3 Å². The first-order valence-electron chi connectivity index (χ1n) is 5.82. The van der Waals surface area contributed by atoms with E-state index in [1.807, 2.05) is 72.8 Å². The maximum absolute atomic E-state index is 8.89. The van der Waals surface area contributed by atoms with Crippen LogP contribution in [0.5, 0.6) is 0 Å². The van der Waals surface area contributed by atoms with Gasteiger partial charge in [-0.15, -0.1) is 0 Å². The largest absolute Gasteiger partial charge is 2.00 e. The van der Waals surface area contributed by atoms with Crippen molar-refractivity contribution in [1.82, 2.24) is 0 Å². The van der Waals surface area contributed by atoms with Gasteiger partial charge in [0.2, 0.25) is 0 Å². The van der Waals surface area contributed by atoms with Crippen molar-refractivity contribution in [2.24, 2.45) is 0 Å². The molecule has 0 aliphatic carbocycles. The number of rotatable bonds is 0. The van der Waals surface area contributed by atoms with Gasteiger partial charge in [0, 0.05) is 11.9 Å². The summed E-state index contributed by atoms with van der Waals surface area (Å²) in [6.07, 6.45) is 0. The second kappa shape index (κ2) is 20.5. The van der Waals surface area contributed by atoms with Gasteiger partial charge in [-0.3, -0.25) is 0 Å². The van der Waals surface area contributed by atoms with E-state index in [9.17, 15) is 0 Å². The van der Waals surface area contributed by atoms with Crippen molar-refractivity contribution in [2.45, 2.75) is 13.8 Å². The van der Waals surface area contributed by atoms with E-state index >= 15 is 0 Å². The molecule has 2 aromatic carbocycles. The Morgan fingerprint density at radius 1 is 0.524 bits per heavy atom. The maximum Gasteiger partial charge on any atom is 2.00 e. The molecule has 0 atom stereocenters. The Balaban J connectivity index is -0.000000208. The number of carboxylic acids is 2. The van der Waals surface area contributed by atoms with Crippen LogP contribution in [0.15, 0.2) is 72.8 Å². The minimum absolute atomic E-state index is 0. The van der Waals surface area contributed by atoms with Crippen molar-refractivity contribution in [3.05, 3.63) is 72.8 Å². The van der Waals surface area contributed by atoms with Crippen molar-refractivity contribution in [2.75, 3.05) is 0 Å². The van der Waals surface area contributed by atoms with Gasteiger partial charge in [-0.1, -0.05) is 72.8 Å². The zero-order chi connectivity index (χ0) is 15.6. The first kappa shape index (κ1) is 24.2. The number of hydrogen-bond acceptors (Lipinski definition) is 4. The Bertz CT molecular complexity index is 328. The molecule has 0 saturated heterocycles. The molecule has 4 nitrogen and oxygen atoms in total. The van der Waals surface area contributed by atoms with Crippen LogP contribution in [0.4, 0.5) is 0 Å². The summed E-state index contributed by atoms with van der Waals surface area (Å²) in [5, 5.41) is 17.8. The molecule has 0 saturated carbocycles. The molecule has 0 N–H and O–H groups in total. The summed E-state index contributed by atoms with van der Waals surface area (Å²) in [5.74, 6) is -2.17. The SMILES string of the molecule is CC(=O)[O-].CC(=O)[O-].[Sn+2].c1ccccc1.c1ccccc1. The van der Waals surface area contributed by atoms with E-state index in [0.717, 1.165) is 13.8 Å². The van der Waals surface area contributed by atoms with Crippen molar-refractivity contribution < 1.29 is 19.8 Å². The zero-order valence-corrected chi connectivity index (χ0v) is 14.9. The van der Waals surface area contributed by atoms with Crippen molar-refractivity contribution in [3.8, 4) is 0 Å². The fraction of sp³-hybridized carbons (Fsp3) is 0.125. The van der Waals surface area contributed by atoms with E-state index in [4.69, 9.17) is 19.8 Å². The summed E-state index contributed by atoms with van der Waals surface area (Å²) in [4.78, 5) is 17.8. The van der Waals surface area contributed by atoms with Crippen molar-refractivity contribution >= 4 is 35.8 Å². The predicted octanol–water partition coefficient (Wildman–Crippen LogP) is 0.505. The van der Waals surface area contributed by atoms with Crippen LogP contribution in [-0.4, -0.2) is 35.8 Å². The molecule has 0 spiro atoms. The van der Waals surface area contributed by atoms with Crippen LogP contribution in [0.1, 0.15) is 13.8 Å². The molecule has 0 unspecified atom stereocenters. The molecule has 5 heteroatoms. The number of carbonyl (C=O) groups is 2. The average molecular weight is 393 g/mol. The fourth-order valence-corrected chi connectivity index (χ4v) is 0.770. The number of carboxylic acid groups (broad SMARTS) is 2. The van der Waals surface area contributed by atoms with Gasteiger partial charge < -0.3 is 19.8 Å². The third kappa shape index (κ3) is 45.9. The average Bonchev–Trinajstić information content (AvgIpc) is 2.42. The van der Waals surface area contributed by atoms with Crippen LogP contribution in [0, 0.1) is 0 Å². The smallest absolute Gasteiger partial charge is 0.550 e. The summed E-state index contributed by atoms with van der Waals surface area (Å²) >= 11 is 0. The maximum atomic E-state index is 8.89. The van der Waals surface area contributed by atoms with Crippen molar-refractivity contribution in [1.29, 1.82) is 0 Å². The van der Waals surface area contributed by atoms with E-state index in [-0.39, 0.29) is 23.9 Å². The van der Waals surface area contributed by atoms with Crippen LogP contribution >= 0.6 is 0 Å². The van der Waals surface area contributed by atoms with Gasteiger partial charge in [-0.05, 0) is 13.8 Å². The molecule has 21 heavy (non-hydrogen) atoms. The Labute approximate surface area is 142 Å². The van der Waals surface area contributed by atoms with E-state index in [2.05, 4.69) is 0 Å². The third-order valence-corrected chi connectivity index (χ3v) is 1.33. The molecule has 2 rings (SSSR count). The van der Waals surface area contributed by atoms with Crippen LogP contribution in [0.2, 0.25) is 0 Å². The Kier molecular flexibility index (Phi) is 23.6. The molecule has 0 aromatic heterocycles. The predicted molar refractivity (Wildman–Crippen MR) is 80.0 cm³/mol. The van der Waals surface area contributed by atoms with Gasteiger partial charge in [0.25, 0.3) is 0 Å². The van der Waals surface area contributed by atoms with Crippen LogP contribution in [0.3, 0.4) is 0 Å². The molecule has 110 valence electrons. The Morgan fingerprint density at radius 3 is 0.619 bits per heavy atom. The van der Waals surface area contributed by atoms with E-state index in [0.29, 0.717) is 0 Å². The second-order valence-electron chi connectivity index (χ2n) is 3.29. The number of benzene rings is 2. The molecular formula is C16H18O4Sn. The van der Waals surface area contributed by atoms with Crippen LogP contribution in [0.25, 0.3) is 0 Å². The molecule has 0 aliphatic heterocycles. The first-order chi connectivity index (χ1) is 9.46. The van der Waals surface area contributed by atoms with Crippen LogP contribution < -0.4 is 10.2 Å². The number of carbonyl (C=O) groups excluding carboxylic acids is 2. The van der Waals surface area contributed by atoms with Gasteiger partial charge in [0.1, 0.15) is 0 Å². The van der Waals surface area contributed by atoms with Crippen LogP contribution in [-0.2, 0) is 9.59 Å². The molecule has 0 bridgehead atoms. The van der Waals surface area contributed by atoms with E-state index < -0.39 is 11.9 Å². The summed E-state index contributed by atoms with van der Waals surface area (Å²) in [6, 6.07) is 24.0. The van der Waals surface area contributed by atoms with E-state index in [1.165, 1.54) is 0 Å². The molecule has 2 aromatic rings. The summed E-state index contributed by atoms with van der Waals surface area (Å²) in [7, 11) is 0. The van der Waals surface area contributed by atoms with Gasteiger partial charge in [0.05, 0.1) is 0 Å². The van der Waals surface area contributed by atoms with E-state index in [1.54, 1.807) is 0 Å². The van der Waals surface area contributed by atoms with Gasteiger partial charge in [-0.25, -0.2) is 0 Å². The third-order valence-electron chi connectivity index (χ3n) is 1.33. The monoisotopic (exact) mass is 394 g/mol. The normalized spacial score (nSPS) is 6.95. The van der Waals surface area contributed by atoms with Gasteiger partial charge in [0.15, 0.2) is 0 Å². The molecule has 0 aliphatic rings. The molecule has 0 fully saturated rings. The van der Waals surface area contributed by atoms with Gasteiger partial charge in [-0.2, -0.15) is 0 Å². The minimum atomic E-state index is -1.08.